The maximum absolute atomic E-state index is 13.6. The Kier molecular flexibility index (Phi) is 4.48. The first-order chi connectivity index (χ1) is 15.0. The van der Waals surface area contributed by atoms with Crippen molar-refractivity contribution in [2.75, 3.05) is 27.4 Å². The summed E-state index contributed by atoms with van der Waals surface area (Å²) in [7, 11) is 3.05. The summed E-state index contributed by atoms with van der Waals surface area (Å²) in [5.74, 6) is 1.09. The first-order valence-corrected chi connectivity index (χ1v) is 9.90. The van der Waals surface area contributed by atoms with E-state index in [4.69, 9.17) is 23.7 Å². The minimum Gasteiger partial charge on any atom is -0.507 e. The first kappa shape index (κ1) is 19.6. The van der Waals surface area contributed by atoms with Crippen molar-refractivity contribution in [2.24, 2.45) is 0 Å². The van der Waals surface area contributed by atoms with E-state index >= 15 is 0 Å². The molecule has 0 saturated carbocycles. The molecular formula is C23H22O8. The fourth-order valence-electron chi connectivity index (χ4n) is 4.47. The lowest BCUT2D eigenvalue weighted by Crippen LogP contribution is -2.43. The van der Waals surface area contributed by atoms with Gasteiger partial charge in [0, 0.05) is 29.7 Å². The molecule has 0 aromatic heterocycles. The van der Waals surface area contributed by atoms with Crippen LogP contribution in [0, 0.1) is 0 Å². The molecule has 0 aliphatic carbocycles. The summed E-state index contributed by atoms with van der Waals surface area (Å²) in [5, 5.41) is 20.1. The molecule has 2 aromatic carbocycles. The quantitative estimate of drug-likeness (QED) is 0.719. The Balaban J connectivity index is 1.59. The zero-order chi connectivity index (χ0) is 21.9. The van der Waals surface area contributed by atoms with E-state index in [0.717, 1.165) is 0 Å². The van der Waals surface area contributed by atoms with E-state index in [-0.39, 0.29) is 30.3 Å². The highest BCUT2D eigenvalue weighted by Gasteiger charge is 2.47. The van der Waals surface area contributed by atoms with Crippen molar-refractivity contribution >= 4 is 5.78 Å². The summed E-state index contributed by atoms with van der Waals surface area (Å²) in [6.45, 7) is 3.77. The monoisotopic (exact) mass is 426 g/mol. The number of Topliss-reactive ketones (excluding diaryl/α,β-unsaturated/α-hetero) is 1. The second-order valence-electron chi connectivity index (χ2n) is 7.76. The number of aliphatic hydroxyl groups excluding tert-OH is 1. The van der Waals surface area contributed by atoms with E-state index in [1.165, 1.54) is 20.3 Å². The molecule has 0 amide bonds. The van der Waals surface area contributed by atoms with Gasteiger partial charge in [0.15, 0.2) is 17.3 Å². The van der Waals surface area contributed by atoms with Gasteiger partial charge in [0.05, 0.1) is 26.7 Å². The largest absolute Gasteiger partial charge is 0.507 e. The molecule has 31 heavy (non-hydrogen) atoms. The van der Waals surface area contributed by atoms with E-state index in [9.17, 15) is 15.0 Å². The number of methoxy groups -OCH3 is 2. The van der Waals surface area contributed by atoms with Gasteiger partial charge in [0.2, 0.25) is 0 Å². The second kappa shape index (κ2) is 7.09. The number of phenols is 1. The number of ketones is 1. The second-order valence-corrected chi connectivity index (χ2v) is 7.76. The van der Waals surface area contributed by atoms with Crippen molar-refractivity contribution in [3.8, 4) is 34.5 Å². The smallest absolute Gasteiger partial charge is 0.181 e. The minimum atomic E-state index is -0.662. The highest BCUT2D eigenvalue weighted by atomic mass is 16.5. The summed E-state index contributed by atoms with van der Waals surface area (Å²) in [5.41, 5.74) is 1.94. The summed E-state index contributed by atoms with van der Waals surface area (Å²) in [6, 6.07) is 4.83. The van der Waals surface area contributed by atoms with Crippen molar-refractivity contribution in [3.05, 3.63) is 47.0 Å². The predicted molar refractivity (Wildman–Crippen MR) is 109 cm³/mol. The van der Waals surface area contributed by atoms with Crippen molar-refractivity contribution in [3.63, 3.8) is 0 Å². The number of ether oxygens (including phenoxy) is 5. The number of hydrogen-bond acceptors (Lipinski definition) is 8. The van der Waals surface area contributed by atoms with Crippen LogP contribution in [0.2, 0.25) is 0 Å². The maximum atomic E-state index is 13.6. The standard InChI is InChI=1S/C23H22O8/c1-10(8-24)14-5-12-16(30-14)6-13(25)21-22(26)20-11-4-17(27-2)18(28-3)7-15(11)29-9-19(20)31-23(12)21/h4,6-7,14,19-20,24-25H,1,5,8-9H2,2-3H3. The van der Waals surface area contributed by atoms with Crippen LogP contribution in [-0.4, -0.2) is 55.6 Å². The van der Waals surface area contributed by atoms with E-state index < -0.39 is 18.1 Å². The highest BCUT2D eigenvalue weighted by molar-refractivity contribution is 6.08. The Morgan fingerprint density at radius 2 is 1.90 bits per heavy atom. The molecule has 3 unspecified atom stereocenters. The Morgan fingerprint density at radius 1 is 1.16 bits per heavy atom. The SMILES string of the molecule is C=C(CO)C1Cc2c(cc(O)c3c2OC2COc4cc(OC)c(OC)cc4C2C3=O)O1. The number of benzene rings is 2. The summed E-state index contributed by atoms with van der Waals surface area (Å²) >= 11 is 0. The number of aliphatic hydroxyl groups is 1. The number of fused-ring (bicyclic) bond motifs is 6. The van der Waals surface area contributed by atoms with Crippen LogP contribution >= 0.6 is 0 Å². The van der Waals surface area contributed by atoms with Gasteiger partial charge in [0.1, 0.15) is 47.4 Å². The molecule has 0 radical (unpaired) electrons. The van der Waals surface area contributed by atoms with Crippen LogP contribution in [-0.2, 0) is 6.42 Å². The van der Waals surface area contributed by atoms with E-state index in [1.54, 1.807) is 12.1 Å². The molecule has 0 bridgehead atoms. The zero-order valence-corrected chi connectivity index (χ0v) is 17.1. The molecule has 0 fully saturated rings. The Hall–Kier alpha value is -3.39. The van der Waals surface area contributed by atoms with Crippen molar-refractivity contribution in [2.45, 2.75) is 24.5 Å². The summed E-state index contributed by atoms with van der Waals surface area (Å²) in [6.07, 6.45) is -0.622. The van der Waals surface area contributed by atoms with Gasteiger partial charge in [-0.15, -0.1) is 0 Å². The molecule has 8 heteroatoms. The number of carbonyl (C=O) groups excluding carboxylic acids is 1. The van der Waals surface area contributed by atoms with Gasteiger partial charge in [0.25, 0.3) is 0 Å². The molecule has 3 atom stereocenters. The lowest BCUT2D eigenvalue weighted by atomic mass is 9.80. The lowest BCUT2D eigenvalue weighted by Gasteiger charge is -2.37. The number of carbonyl (C=O) groups is 1. The number of hydrogen-bond donors (Lipinski definition) is 2. The molecule has 8 nitrogen and oxygen atoms in total. The Labute approximate surface area is 178 Å². The normalized spacial score (nSPS) is 22.7. The van der Waals surface area contributed by atoms with Crippen LogP contribution in [0.1, 0.15) is 27.4 Å². The van der Waals surface area contributed by atoms with Crippen LogP contribution in [0.3, 0.4) is 0 Å². The molecular weight excluding hydrogens is 404 g/mol. The Bertz CT molecular complexity index is 1110. The van der Waals surface area contributed by atoms with E-state index in [1.807, 2.05) is 0 Å². The van der Waals surface area contributed by atoms with Crippen molar-refractivity contribution in [1.29, 1.82) is 0 Å². The molecule has 3 heterocycles. The molecule has 3 aliphatic rings. The average Bonchev–Trinajstić information content (AvgIpc) is 3.21. The van der Waals surface area contributed by atoms with Crippen LogP contribution in [0.4, 0.5) is 0 Å². The van der Waals surface area contributed by atoms with Gasteiger partial charge in [-0.1, -0.05) is 6.58 Å². The molecule has 0 spiro atoms. The third-order valence-electron chi connectivity index (χ3n) is 6.06. The number of rotatable bonds is 4. The predicted octanol–water partition coefficient (Wildman–Crippen LogP) is 2.38. The van der Waals surface area contributed by atoms with Gasteiger partial charge < -0.3 is 33.9 Å². The molecule has 3 aliphatic heterocycles. The number of aromatic hydroxyl groups is 1. The molecule has 2 aromatic rings. The van der Waals surface area contributed by atoms with Crippen LogP contribution < -0.4 is 23.7 Å². The summed E-state index contributed by atoms with van der Waals surface area (Å²) < 4.78 is 28.6. The molecule has 2 N–H and O–H groups in total. The van der Waals surface area contributed by atoms with Crippen molar-refractivity contribution < 1.29 is 38.7 Å². The molecule has 162 valence electrons. The lowest BCUT2D eigenvalue weighted by molar-refractivity contribution is 0.0549. The van der Waals surface area contributed by atoms with Crippen LogP contribution in [0.15, 0.2) is 30.4 Å². The van der Waals surface area contributed by atoms with Gasteiger partial charge >= 0.3 is 0 Å². The zero-order valence-electron chi connectivity index (χ0n) is 17.1. The third kappa shape index (κ3) is 2.82. The highest BCUT2D eigenvalue weighted by Crippen LogP contribution is 2.52. The van der Waals surface area contributed by atoms with Gasteiger partial charge in [-0.2, -0.15) is 0 Å². The van der Waals surface area contributed by atoms with E-state index in [0.29, 0.717) is 51.9 Å². The average molecular weight is 426 g/mol. The Morgan fingerprint density at radius 3 is 2.61 bits per heavy atom. The third-order valence-corrected chi connectivity index (χ3v) is 6.06. The van der Waals surface area contributed by atoms with Crippen molar-refractivity contribution in [1.82, 2.24) is 0 Å². The fourth-order valence-corrected chi connectivity index (χ4v) is 4.47. The van der Waals surface area contributed by atoms with E-state index in [2.05, 4.69) is 6.58 Å². The minimum absolute atomic E-state index is 0.126. The molecule has 0 saturated heterocycles. The molecule has 5 rings (SSSR count). The number of phenolic OH excluding ortho intramolecular Hbond substituents is 1. The van der Waals surface area contributed by atoms with Gasteiger partial charge in [-0.25, -0.2) is 0 Å². The van der Waals surface area contributed by atoms with Crippen LogP contribution in [0.5, 0.6) is 34.5 Å². The fraction of sp³-hybridized carbons (Fsp3) is 0.348. The van der Waals surface area contributed by atoms with Gasteiger partial charge in [-0.3, -0.25) is 4.79 Å². The summed E-state index contributed by atoms with van der Waals surface area (Å²) in [4.78, 5) is 13.6. The van der Waals surface area contributed by atoms with Crippen LogP contribution in [0.25, 0.3) is 0 Å². The maximum Gasteiger partial charge on any atom is 0.181 e. The van der Waals surface area contributed by atoms with Gasteiger partial charge in [-0.05, 0) is 11.6 Å². The first-order valence-electron chi connectivity index (χ1n) is 9.90. The topological polar surface area (TPSA) is 104 Å².